The molecule has 0 atom stereocenters. The van der Waals surface area contributed by atoms with Crippen molar-refractivity contribution in [1.82, 2.24) is 0 Å². The quantitative estimate of drug-likeness (QED) is 0.432. The Morgan fingerprint density at radius 2 is 1.89 bits per heavy atom. The van der Waals surface area contributed by atoms with Crippen molar-refractivity contribution in [2.45, 2.75) is 20.0 Å². The topological polar surface area (TPSA) is 78.7 Å². The van der Waals surface area contributed by atoms with Crippen molar-refractivity contribution in [3.8, 4) is 0 Å². The van der Waals surface area contributed by atoms with Crippen LogP contribution in [0.1, 0.15) is 19.4 Å². The second kappa shape index (κ2) is 7.01. The molecule has 0 amide bonds. The number of nitro groups is 1. The predicted octanol–water partition coefficient (Wildman–Crippen LogP) is 4.01. The fraction of sp³-hybridized carbons (Fsp3) is 0.455. The third-order valence-corrected chi connectivity index (χ3v) is 4.53. The Hall–Kier alpha value is -0.940. The standard InChI is InChI=1S/C11H15ClNO5P/c1-3-17-19(16,18-4-2)8-9-5-6-10(12)7-11(9)13(14)15/h5-7H,3-4,8H2,1-2H3. The van der Waals surface area contributed by atoms with Gasteiger partial charge >= 0.3 is 7.60 Å². The monoisotopic (exact) mass is 307 g/mol. The van der Waals surface area contributed by atoms with E-state index in [9.17, 15) is 14.7 Å². The molecule has 1 aromatic rings. The van der Waals surface area contributed by atoms with Gasteiger partial charge in [-0.3, -0.25) is 14.7 Å². The number of halogens is 1. The second-order valence-electron chi connectivity index (χ2n) is 3.63. The van der Waals surface area contributed by atoms with Crippen LogP contribution in [0.5, 0.6) is 0 Å². The fourth-order valence-electron chi connectivity index (χ4n) is 1.57. The highest BCUT2D eigenvalue weighted by Crippen LogP contribution is 2.52. The zero-order valence-electron chi connectivity index (χ0n) is 10.7. The van der Waals surface area contributed by atoms with Crippen LogP contribution in [0.3, 0.4) is 0 Å². The molecule has 0 spiro atoms. The molecule has 0 aromatic heterocycles. The third kappa shape index (κ3) is 4.58. The Kier molecular flexibility index (Phi) is 5.94. The van der Waals surface area contributed by atoms with Crippen LogP contribution in [0.4, 0.5) is 5.69 Å². The average Bonchev–Trinajstić information content (AvgIpc) is 2.31. The van der Waals surface area contributed by atoms with Gasteiger partial charge in [0.1, 0.15) is 0 Å². The molecule has 0 saturated heterocycles. The first-order valence-electron chi connectivity index (χ1n) is 5.72. The molecule has 106 valence electrons. The number of hydrogen-bond acceptors (Lipinski definition) is 5. The maximum atomic E-state index is 12.3. The van der Waals surface area contributed by atoms with Gasteiger partial charge in [-0.15, -0.1) is 0 Å². The summed E-state index contributed by atoms with van der Waals surface area (Å²) in [5.41, 5.74) is 0.0896. The van der Waals surface area contributed by atoms with Gasteiger partial charge in [0.05, 0.1) is 24.3 Å². The molecular formula is C11H15ClNO5P. The lowest BCUT2D eigenvalue weighted by Gasteiger charge is -2.16. The van der Waals surface area contributed by atoms with Crippen molar-refractivity contribution in [2.75, 3.05) is 13.2 Å². The van der Waals surface area contributed by atoms with E-state index in [0.717, 1.165) is 0 Å². The van der Waals surface area contributed by atoms with Crippen LogP contribution >= 0.6 is 19.2 Å². The third-order valence-electron chi connectivity index (χ3n) is 2.26. The van der Waals surface area contributed by atoms with Gasteiger partial charge in [0.25, 0.3) is 5.69 Å². The number of nitrogens with zero attached hydrogens (tertiary/aromatic N) is 1. The van der Waals surface area contributed by atoms with E-state index in [2.05, 4.69) is 0 Å². The minimum atomic E-state index is -3.37. The van der Waals surface area contributed by atoms with Crippen LogP contribution < -0.4 is 0 Å². The first-order valence-corrected chi connectivity index (χ1v) is 7.83. The molecule has 0 aliphatic heterocycles. The van der Waals surface area contributed by atoms with Gasteiger partial charge in [-0.1, -0.05) is 17.7 Å². The smallest absolute Gasteiger partial charge is 0.309 e. The summed E-state index contributed by atoms with van der Waals surface area (Å²) in [6, 6.07) is 4.19. The van der Waals surface area contributed by atoms with Gasteiger partial charge in [0, 0.05) is 16.7 Å². The number of rotatable bonds is 7. The molecule has 1 rings (SSSR count). The summed E-state index contributed by atoms with van der Waals surface area (Å²) >= 11 is 5.72. The molecule has 0 heterocycles. The summed E-state index contributed by atoms with van der Waals surface area (Å²) in [6.07, 6.45) is -0.151. The lowest BCUT2D eigenvalue weighted by atomic mass is 10.2. The molecule has 0 saturated carbocycles. The van der Waals surface area contributed by atoms with E-state index in [1.54, 1.807) is 13.8 Å². The molecule has 19 heavy (non-hydrogen) atoms. The van der Waals surface area contributed by atoms with E-state index in [1.165, 1.54) is 18.2 Å². The largest absolute Gasteiger partial charge is 0.335 e. The van der Waals surface area contributed by atoms with Crippen LogP contribution in [0.15, 0.2) is 18.2 Å². The highest BCUT2D eigenvalue weighted by molar-refractivity contribution is 7.53. The number of hydrogen-bond donors (Lipinski definition) is 0. The molecule has 0 aliphatic carbocycles. The highest BCUT2D eigenvalue weighted by atomic mass is 35.5. The van der Waals surface area contributed by atoms with E-state index in [4.69, 9.17) is 20.6 Å². The molecule has 0 N–H and O–H groups in total. The predicted molar refractivity (Wildman–Crippen MR) is 72.7 cm³/mol. The molecule has 0 bridgehead atoms. The fourth-order valence-corrected chi connectivity index (χ4v) is 3.47. The minimum Gasteiger partial charge on any atom is -0.309 e. The summed E-state index contributed by atoms with van der Waals surface area (Å²) in [7, 11) is -3.37. The highest BCUT2D eigenvalue weighted by Gasteiger charge is 2.28. The van der Waals surface area contributed by atoms with Crippen LogP contribution in [-0.2, 0) is 19.8 Å². The SMILES string of the molecule is CCOP(=O)(Cc1ccc(Cl)cc1[N+](=O)[O-])OCC. The van der Waals surface area contributed by atoms with E-state index in [0.29, 0.717) is 0 Å². The molecule has 0 radical (unpaired) electrons. The Morgan fingerprint density at radius 3 is 2.37 bits per heavy atom. The molecule has 0 aliphatic rings. The maximum Gasteiger partial charge on any atom is 0.335 e. The Morgan fingerprint density at radius 1 is 1.32 bits per heavy atom. The molecule has 6 nitrogen and oxygen atoms in total. The minimum absolute atomic E-state index is 0.151. The number of nitro benzene ring substituents is 1. The lowest BCUT2D eigenvalue weighted by Crippen LogP contribution is -2.02. The van der Waals surface area contributed by atoms with Crippen LogP contribution in [0.2, 0.25) is 5.02 Å². The van der Waals surface area contributed by atoms with Crippen molar-refractivity contribution >= 4 is 24.9 Å². The maximum absolute atomic E-state index is 12.3. The van der Waals surface area contributed by atoms with Crippen molar-refractivity contribution in [1.29, 1.82) is 0 Å². The van der Waals surface area contributed by atoms with Crippen LogP contribution in [0, 0.1) is 10.1 Å². The summed E-state index contributed by atoms with van der Waals surface area (Å²) in [5, 5.41) is 11.2. The molecule has 1 aromatic carbocycles. The van der Waals surface area contributed by atoms with E-state index in [1.807, 2.05) is 0 Å². The average molecular weight is 308 g/mol. The zero-order chi connectivity index (χ0) is 14.5. The van der Waals surface area contributed by atoms with Gasteiger partial charge in [-0.2, -0.15) is 0 Å². The molecular weight excluding hydrogens is 293 g/mol. The van der Waals surface area contributed by atoms with Gasteiger partial charge in [0.15, 0.2) is 0 Å². The molecule has 0 fully saturated rings. The summed E-state index contributed by atoms with van der Waals surface area (Å²) in [6.45, 7) is 3.78. The van der Waals surface area contributed by atoms with Crippen molar-refractivity contribution < 1.29 is 18.5 Å². The van der Waals surface area contributed by atoms with Gasteiger partial charge in [0.2, 0.25) is 0 Å². The van der Waals surface area contributed by atoms with Crippen molar-refractivity contribution in [3.63, 3.8) is 0 Å². The van der Waals surface area contributed by atoms with Crippen molar-refractivity contribution in [2.24, 2.45) is 0 Å². The van der Waals surface area contributed by atoms with Crippen molar-refractivity contribution in [3.05, 3.63) is 38.9 Å². The zero-order valence-corrected chi connectivity index (χ0v) is 12.3. The van der Waals surface area contributed by atoms with E-state index in [-0.39, 0.29) is 35.6 Å². The molecule has 8 heteroatoms. The van der Waals surface area contributed by atoms with E-state index >= 15 is 0 Å². The van der Waals surface area contributed by atoms with Crippen LogP contribution in [0.25, 0.3) is 0 Å². The number of benzene rings is 1. The molecule has 0 unspecified atom stereocenters. The summed E-state index contributed by atoms with van der Waals surface area (Å²) < 4.78 is 22.6. The van der Waals surface area contributed by atoms with Gasteiger partial charge in [-0.25, -0.2) is 0 Å². The first kappa shape index (κ1) is 16.1. The van der Waals surface area contributed by atoms with Crippen LogP contribution in [-0.4, -0.2) is 18.1 Å². The van der Waals surface area contributed by atoms with Gasteiger partial charge < -0.3 is 9.05 Å². The second-order valence-corrected chi connectivity index (χ2v) is 6.13. The Bertz CT molecular complexity index is 498. The van der Waals surface area contributed by atoms with E-state index < -0.39 is 12.5 Å². The lowest BCUT2D eigenvalue weighted by molar-refractivity contribution is -0.385. The summed E-state index contributed by atoms with van der Waals surface area (Å²) in [4.78, 5) is 10.4. The normalized spacial score (nSPS) is 11.5. The Labute approximate surface area is 116 Å². The van der Waals surface area contributed by atoms with Gasteiger partial charge in [-0.05, 0) is 19.9 Å². The Balaban J connectivity index is 3.09. The summed E-state index contributed by atoms with van der Waals surface area (Å²) in [5.74, 6) is 0. The first-order chi connectivity index (χ1) is 8.91.